The monoisotopic (exact) mass is 299 g/mol. The Labute approximate surface area is 121 Å². The van der Waals surface area contributed by atoms with Crippen LogP contribution >= 0.6 is 12.4 Å². The Morgan fingerprint density at radius 2 is 2.25 bits per heavy atom. The summed E-state index contributed by atoms with van der Waals surface area (Å²) in [6.45, 7) is 3.81. The number of nitrogens with one attached hydrogen (secondary N) is 1. The van der Waals surface area contributed by atoms with Gasteiger partial charge in [-0.25, -0.2) is 4.39 Å². The van der Waals surface area contributed by atoms with E-state index in [2.05, 4.69) is 15.5 Å². The van der Waals surface area contributed by atoms with E-state index in [-0.39, 0.29) is 24.3 Å². The van der Waals surface area contributed by atoms with Crippen LogP contribution in [0.4, 0.5) is 4.39 Å². The number of nitrogens with zero attached hydrogens (tertiary/aromatic N) is 2. The van der Waals surface area contributed by atoms with Crippen molar-refractivity contribution >= 4 is 12.4 Å². The molecule has 0 bridgehead atoms. The lowest BCUT2D eigenvalue weighted by Gasteiger charge is -2.19. The van der Waals surface area contributed by atoms with Gasteiger partial charge in [-0.15, -0.1) is 12.4 Å². The Morgan fingerprint density at radius 3 is 2.95 bits per heavy atom. The molecule has 1 aliphatic rings. The van der Waals surface area contributed by atoms with E-state index in [1.54, 1.807) is 19.1 Å². The molecule has 2 heterocycles. The van der Waals surface area contributed by atoms with Gasteiger partial charge in [0.05, 0.1) is 6.61 Å². The van der Waals surface area contributed by atoms with Crippen molar-refractivity contribution in [3.05, 3.63) is 35.5 Å². The van der Waals surface area contributed by atoms with E-state index >= 15 is 0 Å². The number of hydrogen-bond acceptors (Lipinski definition) is 5. The molecule has 1 saturated heterocycles. The SMILES string of the molecule is Cc1cc(-c2noc([C@@H]3CNCCO3)n2)ccc1F.Cl. The van der Waals surface area contributed by atoms with Crippen molar-refractivity contribution in [1.29, 1.82) is 0 Å². The second-order valence-electron chi connectivity index (χ2n) is 4.48. The molecule has 0 spiro atoms. The summed E-state index contributed by atoms with van der Waals surface area (Å²) in [5, 5.41) is 7.11. The quantitative estimate of drug-likeness (QED) is 0.922. The smallest absolute Gasteiger partial charge is 0.257 e. The van der Waals surface area contributed by atoms with Crippen molar-refractivity contribution in [3.8, 4) is 11.4 Å². The molecular weight excluding hydrogens is 285 g/mol. The molecule has 1 N–H and O–H groups in total. The van der Waals surface area contributed by atoms with Gasteiger partial charge in [-0.1, -0.05) is 5.16 Å². The van der Waals surface area contributed by atoms with Gasteiger partial charge in [-0.3, -0.25) is 0 Å². The molecule has 1 fully saturated rings. The summed E-state index contributed by atoms with van der Waals surface area (Å²) < 4.78 is 24.0. The summed E-state index contributed by atoms with van der Waals surface area (Å²) in [6, 6.07) is 4.74. The Morgan fingerprint density at radius 1 is 1.40 bits per heavy atom. The number of aryl methyl sites for hydroxylation is 1. The van der Waals surface area contributed by atoms with Crippen LogP contribution in [0.3, 0.4) is 0 Å². The molecule has 5 nitrogen and oxygen atoms in total. The van der Waals surface area contributed by atoms with Crippen LogP contribution in [-0.2, 0) is 4.74 Å². The van der Waals surface area contributed by atoms with Gasteiger partial charge in [0.15, 0.2) is 0 Å². The fraction of sp³-hybridized carbons (Fsp3) is 0.385. The van der Waals surface area contributed by atoms with Gasteiger partial charge in [0.25, 0.3) is 5.89 Å². The largest absolute Gasteiger partial charge is 0.366 e. The molecule has 7 heteroatoms. The molecule has 0 aliphatic carbocycles. The molecule has 20 heavy (non-hydrogen) atoms. The summed E-state index contributed by atoms with van der Waals surface area (Å²) in [5.41, 5.74) is 1.29. The number of hydrogen-bond donors (Lipinski definition) is 1. The lowest BCUT2D eigenvalue weighted by atomic mass is 10.1. The fourth-order valence-corrected chi connectivity index (χ4v) is 1.99. The molecule has 0 unspecified atom stereocenters. The van der Waals surface area contributed by atoms with Gasteiger partial charge in [-0.2, -0.15) is 4.98 Å². The number of rotatable bonds is 2. The average Bonchev–Trinajstić information content (AvgIpc) is 2.93. The Hall–Kier alpha value is -1.50. The minimum atomic E-state index is -0.243. The summed E-state index contributed by atoms with van der Waals surface area (Å²) in [4.78, 5) is 4.31. The van der Waals surface area contributed by atoms with E-state index in [0.29, 0.717) is 30.4 Å². The zero-order valence-corrected chi connectivity index (χ0v) is 11.7. The second kappa shape index (κ2) is 6.30. The second-order valence-corrected chi connectivity index (χ2v) is 4.48. The summed E-state index contributed by atoms with van der Waals surface area (Å²) in [6.07, 6.45) is -0.212. The minimum absolute atomic E-state index is 0. The Balaban J connectivity index is 0.00000147. The third kappa shape index (κ3) is 2.98. The highest BCUT2D eigenvalue weighted by molar-refractivity contribution is 5.85. The first-order valence-electron chi connectivity index (χ1n) is 6.16. The summed E-state index contributed by atoms with van der Waals surface area (Å²) in [7, 11) is 0. The van der Waals surface area contributed by atoms with Crippen LogP contribution in [-0.4, -0.2) is 29.8 Å². The molecule has 0 amide bonds. The molecule has 1 aromatic heterocycles. The Kier molecular flexibility index (Phi) is 4.69. The normalized spacial score (nSPS) is 18.6. The third-order valence-electron chi connectivity index (χ3n) is 3.06. The summed E-state index contributed by atoms with van der Waals surface area (Å²) in [5.74, 6) is 0.656. The van der Waals surface area contributed by atoms with Gasteiger partial charge >= 0.3 is 0 Å². The molecule has 3 rings (SSSR count). The highest BCUT2D eigenvalue weighted by atomic mass is 35.5. The van der Waals surface area contributed by atoms with Crippen LogP contribution in [0.1, 0.15) is 17.6 Å². The molecule has 2 aromatic rings. The maximum atomic E-state index is 13.2. The van der Waals surface area contributed by atoms with Crippen LogP contribution < -0.4 is 5.32 Å². The number of halogens is 2. The first-order chi connectivity index (χ1) is 9.24. The third-order valence-corrected chi connectivity index (χ3v) is 3.06. The van der Waals surface area contributed by atoms with E-state index in [9.17, 15) is 4.39 Å². The molecule has 0 radical (unpaired) electrons. The van der Waals surface area contributed by atoms with E-state index < -0.39 is 0 Å². The standard InChI is InChI=1S/C13H14FN3O2.ClH/c1-8-6-9(2-3-10(8)14)12-16-13(19-17-12)11-7-15-4-5-18-11;/h2-3,6,11,15H,4-5,7H2,1H3;1H/t11-;/m0./s1. The highest BCUT2D eigenvalue weighted by Crippen LogP contribution is 2.22. The number of benzene rings is 1. The predicted octanol–water partition coefficient (Wildman–Crippen LogP) is 2.27. The number of ether oxygens (including phenoxy) is 1. The van der Waals surface area contributed by atoms with E-state index in [1.807, 2.05) is 0 Å². The van der Waals surface area contributed by atoms with Crippen molar-refractivity contribution < 1.29 is 13.7 Å². The van der Waals surface area contributed by atoms with Gasteiger partial charge in [0, 0.05) is 18.7 Å². The van der Waals surface area contributed by atoms with Crippen LogP contribution in [0.15, 0.2) is 22.7 Å². The van der Waals surface area contributed by atoms with Crippen LogP contribution in [0.5, 0.6) is 0 Å². The van der Waals surface area contributed by atoms with Gasteiger partial charge in [-0.05, 0) is 30.7 Å². The minimum Gasteiger partial charge on any atom is -0.366 e. The van der Waals surface area contributed by atoms with E-state index in [0.717, 1.165) is 12.1 Å². The molecule has 0 saturated carbocycles. The topological polar surface area (TPSA) is 60.2 Å². The first-order valence-corrected chi connectivity index (χ1v) is 6.16. The fourth-order valence-electron chi connectivity index (χ4n) is 1.99. The average molecular weight is 300 g/mol. The maximum Gasteiger partial charge on any atom is 0.257 e. The lowest BCUT2D eigenvalue weighted by Crippen LogP contribution is -2.33. The van der Waals surface area contributed by atoms with Crippen LogP contribution in [0.2, 0.25) is 0 Å². The maximum absolute atomic E-state index is 13.2. The van der Waals surface area contributed by atoms with Gasteiger partial charge in [0.2, 0.25) is 5.82 Å². The van der Waals surface area contributed by atoms with E-state index in [1.165, 1.54) is 6.07 Å². The lowest BCUT2D eigenvalue weighted by molar-refractivity contribution is 0.00755. The molecule has 1 aromatic carbocycles. The zero-order chi connectivity index (χ0) is 13.2. The predicted molar refractivity (Wildman–Crippen MR) is 73.2 cm³/mol. The molecule has 108 valence electrons. The summed E-state index contributed by atoms with van der Waals surface area (Å²) >= 11 is 0. The number of morpholine rings is 1. The number of aromatic nitrogens is 2. The van der Waals surface area contributed by atoms with Crippen LogP contribution in [0, 0.1) is 12.7 Å². The first kappa shape index (κ1) is 14.9. The van der Waals surface area contributed by atoms with Crippen molar-refractivity contribution in [3.63, 3.8) is 0 Å². The van der Waals surface area contributed by atoms with Crippen LogP contribution in [0.25, 0.3) is 11.4 Å². The van der Waals surface area contributed by atoms with Crippen molar-refractivity contribution in [2.24, 2.45) is 0 Å². The zero-order valence-electron chi connectivity index (χ0n) is 10.9. The van der Waals surface area contributed by atoms with Crippen molar-refractivity contribution in [1.82, 2.24) is 15.5 Å². The molecular formula is C13H15ClFN3O2. The highest BCUT2D eigenvalue weighted by Gasteiger charge is 2.22. The molecule has 1 atom stereocenters. The van der Waals surface area contributed by atoms with Crippen molar-refractivity contribution in [2.75, 3.05) is 19.7 Å². The van der Waals surface area contributed by atoms with Crippen molar-refractivity contribution in [2.45, 2.75) is 13.0 Å². The van der Waals surface area contributed by atoms with Gasteiger partial charge in [0.1, 0.15) is 11.9 Å². The Bertz CT molecular complexity index is 585. The van der Waals surface area contributed by atoms with Gasteiger partial charge < -0.3 is 14.6 Å². The van der Waals surface area contributed by atoms with E-state index in [4.69, 9.17) is 9.26 Å². The molecule has 1 aliphatic heterocycles.